The van der Waals surface area contributed by atoms with Gasteiger partial charge in [0.15, 0.2) is 0 Å². The van der Waals surface area contributed by atoms with Crippen molar-refractivity contribution in [2.75, 3.05) is 21.3 Å². The highest BCUT2D eigenvalue weighted by molar-refractivity contribution is 6.02. The minimum atomic E-state index is -0.383. The Balaban J connectivity index is 2.25. The second kappa shape index (κ2) is 6.16. The van der Waals surface area contributed by atoms with Crippen LogP contribution in [0.5, 0.6) is 5.75 Å². The number of carbonyl (C=O) groups is 1. The summed E-state index contributed by atoms with van der Waals surface area (Å²) < 4.78 is 15.8. The van der Waals surface area contributed by atoms with Gasteiger partial charge in [-0.25, -0.2) is 4.79 Å². The summed E-state index contributed by atoms with van der Waals surface area (Å²) in [6.07, 6.45) is 0. The highest BCUT2D eigenvalue weighted by atomic mass is 16.5. The van der Waals surface area contributed by atoms with E-state index >= 15 is 0 Å². The zero-order chi connectivity index (χ0) is 16.4. The normalized spacial score (nSPS) is 16.0. The van der Waals surface area contributed by atoms with E-state index in [0.29, 0.717) is 11.3 Å². The molecular weight excluding hydrogens is 292 g/mol. The van der Waals surface area contributed by atoms with Gasteiger partial charge in [0, 0.05) is 11.5 Å². The van der Waals surface area contributed by atoms with E-state index < -0.39 is 0 Å². The van der Waals surface area contributed by atoms with E-state index in [2.05, 4.69) is 0 Å². The van der Waals surface area contributed by atoms with E-state index in [1.807, 2.05) is 48.5 Å². The number of hydrogen-bond acceptors (Lipinski definition) is 4. The van der Waals surface area contributed by atoms with Crippen LogP contribution >= 0.6 is 0 Å². The smallest absolute Gasteiger partial charge is 0.338 e. The average Bonchev–Trinajstić information content (AvgIpc) is 2.94. The molecule has 1 atom stereocenters. The van der Waals surface area contributed by atoms with E-state index in [1.165, 1.54) is 7.11 Å². The lowest BCUT2D eigenvalue weighted by molar-refractivity contribution is -0.136. The maximum Gasteiger partial charge on any atom is 0.338 e. The summed E-state index contributed by atoms with van der Waals surface area (Å²) in [6.45, 7) is 0. The van der Waals surface area contributed by atoms with Crippen LogP contribution in [0.15, 0.2) is 54.1 Å². The van der Waals surface area contributed by atoms with Crippen molar-refractivity contribution in [2.45, 2.75) is 5.92 Å². The van der Waals surface area contributed by atoms with Crippen molar-refractivity contribution in [1.29, 1.82) is 0 Å². The lowest BCUT2D eigenvalue weighted by atomic mass is 9.88. The molecule has 4 heteroatoms. The molecule has 0 N–H and O–H groups in total. The van der Waals surface area contributed by atoms with Crippen molar-refractivity contribution in [1.82, 2.24) is 0 Å². The summed E-state index contributed by atoms with van der Waals surface area (Å²) in [7, 11) is 4.56. The van der Waals surface area contributed by atoms with Crippen LogP contribution in [0, 0.1) is 0 Å². The number of methoxy groups -OCH3 is 3. The van der Waals surface area contributed by atoms with Gasteiger partial charge < -0.3 is 14.2 Å². The highest BCUT2D eigenvalue weighted by Gasteiger charge is 2.38. The van der Waals surface area contributed by atoms with Gasteiger partial charge in [-0.15, -0.1) is 0 Å². The summed E-state index contributed by atoms with van der Waals surface area (Å²) in [6, 6.07) is 15.6. The number of fused-ring (bicyclic) bond motifs is 1. The molecule has 0 aromatic heterocycles. The number of ether oxygens (including phenoxy) is 3. The van der Waals surface area contributed by atoms with Gasteiger partial charge >= 0.3 is 5.97 Å². The quantitative estimate of drug-likeness (QED) is 0.812. The van der Waals surface area contributed by atoms with Crippen LogP contribution in [0.1, 0.15) is 22.6 Å². The molecule has 2 aromatic rings. The van der Waals surface area contributed by atoms with Crippen molar-refractivity contribution in [3.8, 4) is 5.75 Å². The molecule has 1 aliphatic carbocycles. The van der Waals surface area contributed by atoms with Gasteiger partial charge in [0.2, 0.25) is 0 Å². The molecule has 0 saturated heterocycles. The number of rotatable bonds is 4. The van der Waals surface area contributed by atoms with Crippen LogP contribution in [-0.2, 0) is 14.3 Å². The first-order chi connectivity index (χ1) is 11.2. The van der Waals surface area contributed by atoms with E-state index in [-0.39, 0.29) is 11.9 Å². The van der Waals surface area contributed by atoms with E-state index in [9.17, 15) is 4.79 Å². The first-order valence-corrected chi connectivity index (χ1v) is 7.31. The van der Waals surface area contributed by atoms with Gasteiger partial charge in [0.05, 0.1) is 26.9 Å². The molecule has 1 unspecified atom stereocenters. The van der Waals surface area contributed by atoms with Crippen molar-refractivity contribution >= 4 is 11.7 Å². The number of carbonyl (C=O) groups excluding carboxylic acids is 1. The van der Waals surface area contributed by atoms with E-state index in [0.717, 1.165) is 22.4 Å². The Morgan fingerprint density at radius 2 is 1.70 bits per heavy atom. The molecule has 0 bridgehead atoms. The van der Waals surface area contributed by atoms with Crippen molar-refractivity contribution in [3.63, 3.8) is 0 Å². The first-order valence-electron chi connectivity index (χ1n) is 7.31. The molecule has 0 aliphatic heterocycles. The second-order valence-corrected chi connectivity index (χ2v) is 5.24. The molecule has 23 heavy (non-hydrogen) atoms. The Morgan fingerprint density at radius 3 is 2.30 bits per heavy atom. The maximum absolute atomic E-state index is 12.4. The lowest BCUT2D eigenvalue weighted by Gasteiger charge is -2.15. The number of benzene rings is 2. The summed E-state index contributed by atoms with van der Waals surface area (Å²) in [5.41, 5.74) is 3.41. The topological polar surface area (TPSA) is 44.8 Å². The maximum atomic E-state index is 12.4. The zero-order valence-electron chi connectivity index (χ0n) is 13.3. The largest absolute Gasteiger partial charge is 0.497 e. The molecule has 118 valence electrons. The van der Waals surface area contributed by atoms with Gasteiger partial charge in [0.1, 0.15) is 11.5 Å². The molecular formula is C19H18O4. The molecule has 0 spiro atoms. The predicted molar refractivity (Wildman–Crippen MR) is 87.2 cm³/mol. The molecule has 0 fully saturated rings. The monoisotopic (exact) mass is 310 g/mol. The molecule has 3 rings (SSSR count). The lowest BCUT2D eigenvalue weighted by Crippen LogP contribution is -2.12. The van der Waals surface area contributed by atoms with Gasteiger partial charge in [0.25, 0.3) is 0 Å². The minimum Gasteiger partial charge on any atom is -0.497 e. The molecule has 0 radical (unpaired) electrons. The highest BCUT2D eigenvalue weighted by Crippen LogP contribution is 2.47. The van der Waals surface area contributed by atoms with E-state index in [4.69, 9.17) is 14.2 Å². The fourth-order valence-corrected chi connectivity index (χ4v) is 3.07. The zero-order valence-corrected chi connectivity index (χ0v) is 13.3. The van der Waals surface area contributed by atoms with Crippen molar-refractivity contribution in [2.24, 2.45) is 0 Å². The fourth-order valence-electron chi connectivity index (χ4n) is 3.07. The third kappa shape index (κ3) is 2.46. The van der Waals surface area contributed by atoms with Crippen LogP contribution in [0.3, 0.4) is 0 Å². The van der Waals surface area contributed by atoms with Crippen LogP contribution in [-0.4, -0.2) is 27.3 Å². The molecule has 4 nitrogen and oxygen atoms in total. The van der Waals surface area contributed by atoms with Crippen molar-refractivity contribution in [3.05, 3.63) is 70.8 Å². The second-order valence-electron chi connectivity index (χ2n) is 5.24. The van der Waals surface area contributed by atoms with Crippen LogP contribution in [0.4, 0.5) is 0 Å². The Kier molecular flexibility index (Phi) is 4.06. The Hall–Kier alpha value is -2.75. The Bertz CT molecular complexity index is 762. The first kappa shape index (κ1) is 15.2. The Labute approximate surface area is 135 Å². The summed E-state index contributed by atoms with van der Waals surface area (Å²) >= 11 is 0. The van der Waals surface area contributed by atoms with E-state index in [1.54, 1.807) is 14.2 Å². The summed E-state index contributed by atoms with van der Waals surface area (Å²) in [5.74, 6) is 0.668. The standard InChI is InChI=1S/C19H18O4/c1-21-13-9-10-14-15(11-13)18(22-2)17(19(20)23-3)16(14)12-7-5-4-6-8-12/h4-11,16H,1-3H3. The van der Waals surface area contributed by atoms with Crippen LogP contribution in [0.25, 0.3) is 5.76 Å². The molecule has 1 aliphatic rings. The number of esters is 1. The fraction of sp³-hybridized carbons (Fsp3) is 0.211. The molecule has 0 amide bonds. The minimum absolute atomic E-state index is 0.209. The third-order valence-electron chi connectivity index (χ3n) is 4.09. The summed E-state index contributed by atoms with van der Waals surface area (Å²) in [4.78, 5) is 12.4. The molecule has 0 saturated carbocycles. The van der Waals surface area contributed by atoms with Crippen LogP contribution in [0.2, 0.25) is 0 Å². The van der Waals surface area contributed by atoms with Gasteiger partial charge in [-0.3, -0.25) is 0 Å². The Morgan fingerprint density at radius 1 is 0.957 bits per heavy atom. The molecule has 2 aromatic carbocycles. The van der Waals surface area contributed by atoms with Crippen LogP contribution < -0.4 is 4.74 Å². The number of hydrogen-bond donors (Lipinski definition) is 0. The summed E-state index contributed by atoms with van der Waals surface area (Å²) in [5, 5.41) is 0. The van der Waals surface area contributed by atoms with Crippen molar-refractivity contribution < 1.29 is 19.0 Å². The van der Waals surface area contributed by atoms with Gasteiger partial charge in [-0.05, 0) is 23.3 Å². The van der Waals surface area contributed by atoms with Gasteiger partial charge in [-0.2, -0.15) is 0 Å². The van der Waals surface area contributed by atoms with Gasteiger partial charge in [-0.1, -0.05) is 36.4 Å². The average molecular weight is 310 g/mol. The third-order valence-corrected chi connectivity index (χ3v) is 4.09. The SMILES string of the molecule is COC(=O)C1=C(OC)c2cc(OC)ccc2C1c1ccccc1. The predicted octanol–water partition coefficient (Wildman–Crippen LogP) is 3.37. The molecule has 0 heterocycles.